The Hall–Kier alpha value is -0.120. The van der Waals surface area contributed by atoms with Gasteiger partial charge in [0.15, 0.2) is 0 Å². The van der Waals surface area contributed by atoms with Crippen molar-refractivity contribution in [3.05, 3.63) is 0 Å². The van der Waals surface area contributed by atoms with Gasteiger partial charge in [-0.25, -0.2) is 0 Å². The Balaban J connectivity index is 3.05. The summed E-state index contributed by atoms with van der Waals surface area (Å²) in [6.45, 7) is 6.70. The van der Waals surface area contributed by atoms with Crippen LogP contribution in [0.3, 0.4) is 0 Å². The summed E-state index contributed by atoms with van der Waals surface area (Å²) in [7, 11) is 0. The monoisotopic (exact) mass is 190 g/mol. The molecule has 0 bridgehead atoms. The van der Waals surface area contributed by atoms with Crippen LogP contribution in [-0.4, -0.2) is 37.6 Å². The molecular formula is C10H22O3. The fraction of sp³-hybridized carbons (Fsp3) is 1.00. The van der Waals surface area contributed by atoms with E-state index in [4.69, 9.17) is 9.47 Å². The smallest absolute Gasteiger partial charge is 0.0795 e. The lowest BCUT2D eigenvalue weighted by molar-refractivity contribution is 0.0138. The van der Waals surface area contributed by atoms with Gasteiger partial charge < -0.3 is 14.6 Å². The molecule has 0 aromatic heterocycles. The first-order valence-corrected chi connectivity index (χ1v) is 5.14. The van der Waals surface area contributed by atoms with Crippen LogP contribution in [0.2, 0.25) is 0 Å². The number of ether oxygens (including phenoxy) is 2. The molecule has 13 heavy (non-hydrogen) atoms. The van der Waals surface area contributed by atoms with Gasteiger partial charge in [-0.15, -0.1) is 0 Å². The van der Waals surface area contributed by atoms with Gasteiger partial charge in [-0.3, -0.25) is 0 Å². The summed E-state index contributed by atoms with van der Waals surface area (Å²) in [6, 6.07) is 0. The molecule has 0 aliphatic heterocycles. The van der Waals surface area contributed by atoms with Gasteiger partial charge in [-0.1, -0.05) is 13.8 Å². The highest BCUT2D eigenvalue weighted by Crippen LogP contribution is 1.95. The third-order valence-electron chi connectivity index (χ3n) is 1.60. The van der Waals surface area contributed by atoms with Gasteiger partial charge in [0.1, 0.15) is 0 Å². The molecule has 0 spiro atoms. The Kier molecular flexibility index (Phi) is 9.87. The molecule has 0 saturated carbocycles. The van der Waals surface area contributed by atoms with Crippen LogP contribution in [0.1, 0.15) is 33.1 Å². The van der Waals surface area contributed by atoms with E-state index < -0.39 is 0 Å². The molecule has 1 N–H and O–H groups in total. The van der Waals surface area contributed by atoms with Crippen molar-refractivity contribution in [1.29, 1.82) is 0 Å². The van der Waals surface area contributed by atoms with E-state index in [2.05, 4.69) is 13.8 Å². The van der Waals surface area contributed by atoms with Crippen LogP contribution in [0, 0.1) is 0 Å². The first-order valence-electron chi connectivity index (χ1n) is 5.14. The Morgan fingerprint density at radius 1 is 1.00 bits per heavy atom. The molecule has 3 heteroatoms. The highest BCUT2D eigenvalue weighted by molar-refractivity contribution is 4.52. The Bertz CT molecular complexity index is 96.2. The van der Waals surface area contributed by atoms with Crippen molar-refractivity contribution in [1.82, 2.24) is 0 Å². The van der Waals surface area contributed by atoms with Gasteiger partial charge in [0.25, 0.3) is 0 Å². The minimum Gasteiger partial charge on any atom is -0.391 e. The zero-order valence-electron chi connectivity index (χ0n) is 8.79. The lowest BCUT2D eigenvalue weighted by Crippen LogP contribution is -2.18. The second kappa shape index (κ2) is 9.96. The number of rotatable bonds is 9. The van der Waals surface area contributed by atoms with Gasteiger partial charge in [0.05, 0.1) is 12.7 Å². The Labute approximate surface area is 81.0 Å². The Morgan fingerprint density at radius 2 is 1.62 bits per heavy atom. The maximum atomic E-state index is 9.37. The average Bonchev–Trinajstić information content (AvgIpc) is 2.13. The maximum Gasteiger partial charge on any atom is 0.0795 e. The molecule has 1 atom stereocenters. The highest BCUT2D eigenvalue weighted by Gasteiger charge is 2.02. The minimum atomic E-state index is -0.372. The molecule has 0 fully saturated rings. The van der Waals surface area contributed by atoms with Gasteiger partial charge in [-0.2, -0.15) is 0 Å². The van der Waals surface area contributed by atoms with Gasteiger partial charge in [0, 0.05) is 19.8 Å². The average molecular weight is 190 g/mol. The van der Waals surface area contributed by atoms with Crippen LogP contribution in [0.4, 0.5) is 0 Å². The zero-order chi connectivity index (χ0) is 9.94. The predicted octanol–water partition coefficient (Wildman–Crippen LogP) is 1.59. The van der Waals surface area contributed by atoms with E-state index in [9.17, 15) is 5.11 Å². The third kappa shape index (κ3) is 9.80. The van der Waals surface area contributed by atoms with E-state index in [1.54, 1.807) is 0 Å². The van der Waals surface area contributed by atoms with E-state index in [1.165, 1.54) is 0 Å². The third-order valence-corrected chi connectivity index (χ3v) is 1.60. The summed E-state index contributed by atoms with van der Waals surface area (Å²) < 4.78 is 10.4. The summed E-state index contributed by atoms with van der Waals surface area (Å²) in [4.78, 5) is 0. The van der Waals surface area contributed by atoms with Gasteiger partial charge in [0.2, 0.25) is 0 Å². The summed E-state index contributed by atoms with van der Waals surface area (Å²) >= 11 is 0. The van der Waals surface area contributed by atoms with E-state index in [0.29, 0.717) is 19.6 Å². The van der Waals surface area contributed by atoms with Crippen molar-refractivity contribution in [2.45, 2.75) is 39.2 Å². The van der Waals surface area contributed by atoms with E-state index in [0.717, 1.165) is 26.1 Å². The SMILES string of the molecule is CCCOCC[C@H](O)COCCC. The van der Waals surface area contributed by atoms with Crippen LogP contribution in [-0.2, 0) is 9.47 Å². The first kappa shape index (κ1) is 12.9. The molecular weight excluding hydrogens is 168 g/mol. The summed E-state index contributed by atoms with van der Waals surface area (Å²) in [5.74, 6) is 0. The molecule has 3 nitrogen and oxygen atoms in total. The highest BCUT2D eigenvalue weighted by atomic mass is 16.5. The quantitative estimate of drug-likeness (QED) is 0.561. The van der Waals surface area contributed by atoms with Crippen molar-refractivity contribution in [2.24, 2.45) is 0 Å². The molecule has 0 aliphatic rings. The van der Waals surface area contributed by atoms with Crippen LogP contribution < -0.4 is 0 Å². The summed E-state index contributed by atoms with van der Waals surface area (Å²) in [5.41, 5.74) is 0. The first-order chi connectivity index (χ1) is 6.31. The fourth-order valence-corrected chi connectivity index (χ4v) is 0.913. The molecule has 0 heterocycles. The molecule has 0 amide bonds. The predicted molar refractivity (Wildman–Crippen MR) is 52.8 cm³/mol. The van der Waals surface area contributed by atoms with Crippen molar-refractivity contribution in [3.8, 4) is 0 Å². The van der Waals surface area contributed by atoms with Crippen molar-refractivity contribution in [3.63, 3.8) is 0 Å². The van der Waals surface area contributed by atoms with Crippen LogP contribution in [0.15, 0.2) is 0 Å². The molecule has 0 aromatic rings. The lowest BCUT2D eigenvalue weighted by atomic mass is 10.3. The summed E-state index contributed by atoms with van der Waals surface area (Å²) in [6.07, 6.45) is 2.33. The number of aliphatic hydroxyl groups is 1. The lowest BCUT2D eigenvalue weighted by Gasteiger charge is -2.10. The van der Waals surface area contributed by atoms with Crippen LogP contribution in [0.25, 0.3) is 0 Å². The van der Waals surface area contributed by atoms with Crippen molar-refractivity contribution in [2.75, 3.05) is 26.4 Å². The van der Waals surface area contributed by atoms with Crippen molar-refractivity contribution < 1.29 is 14.6 Å². The van der Waals surface area contributed by atoms with E-state index >= 15 is 0 Å². The molecule has 0 unspecified atom stereocenters. The van der Waals surface area contributed by atoms with Crippen molar-refractivity contribution >= 4 is 0 Å². The molecule has 0 aromatic carbocycles. The topological polar surface area (TPSA) is 38.7 Å². The maximum absolute atomic E-state index is 9.37. The van der Waals surface area contributed by atoms with Crippen LogP contribution >= 0.6 is 0 Å². The number of hydrogen-bond donors (Lipinski definition) is 1. The normalized spacial score (nSPS) is 13.2. The molecule has 0 radical (unpaired) electrons. The van der Waals surface area contributed by atoms with E-state index in [-0.39, 0.29) is 6.10 Å². The summed E-state index contributed by atoms with van der Waals surface area (Å²) in [5, 5.41) is 9.37. The van der Waals surface area contributed by atoms with Crippen LogP contribution in [0.5, 0.6) is 0 Å². The number of hydrogen-bond acceptors (Lipinski definition) is 3. The molecule has 0 aliphatic carbocycles. The standard InChI is InChI=1S/C10H22O3/c1-3-6-12-8-5-10(11)9-13-7-4-2/h10-11H,3-9H2,1-2H3/t10-/m0/s1. The second-order valence-corrected chi connectivity index (χ2v) is 3.13. The molecule has 80 valence electrons. The minimum absolute atomic E-state index is 0.372. The zero-order valence-corrected chi connectivity index (χ0v) is 8.79. The number of aliphatic hydroxyl groups excluding tert-OH is 1. The van der Waals surface area contributed by atoms with Gasteiger partial charge >= 0.3 is 0 Å². The largest absolute Gasteiger partial charge is 0.391 e. The molecule has 0 saturated heterocycles. The molecule has 0 rings (SSSR count). The Morgan fingerprint density at radius 3 is 2.23 bits per heavy atom. The van der Waals surface area contributed by atoms with Gasteiger partial charge in [-0.05, 0) is 19.3 Å². The van der Waals surface area contributed by atoms with E-state index in [1.807, 2.05) is 0 Å². The fourth-order valence-electron chi connectivity index (χ4n) is 0.913. The second-order valence-electron chi connectivity index (χ2n) is 3.13.